The Morgan fingerprint density at radius 1 is 1.50 bits per heavy atom. The Kier molecular flexibility index (Phi) is 3.19. The number of alkyl halides is 1. The van der Waals surface area contributed by atoms with E-state index in [2.05, 4.69) is 27.0 Å². The van der Waals surface area contributed by atoms with Gasteiger partial charge >= 0.3 is 0 Å². The van der Waals surface area contributed by atoms with E-state index in [1.807, 2.05) is 19.2 Å². The molecule has 0 aromatic carbocycles. The van der Waals surface area contributed by atoms with E-state index in [4.69, 9.17) is 4.74 Å². The van der Waals surface area contributed by atoms with Crippen LogP contribution in [0.3, 0.4) is 0 Å². The average molecular weight is 256 g/mol. The van der Waals surface area contributed by atoms with E-state index in [0.29, 0.717) is 4.83 Å². The van der Waals surface area contributed by atoms with Crippen molar-refractivity contribution in [3.8, 4) is 0 Å². The predicted molar refractivity (Wildman–Crippen MR) is 59.6 cm³/mol. The van der Waals surface area contributed by atoms with Crippen molar-refractivity contribution >= 4 is 15.9 Å². The van der Waals surface area contributed by atoms with Crippen molar-refractivity contribution in [2.45, 2.75) is 30.7 Å². The summed E-state index contributed by atoms with van der Waals surface area (Å²) in [6.45, 7) is 2.84. The van der Waals surface area contributed by atoms with Crippen LogP contribution in [-0.4, -0.2) is 16.4 Å². The molecule has 1 aromatic heterocycles. The molecule has 2 atom stereocenters. The van der Waals surface area contributed by atoms with Gasteiger partial charge in [0, 0.05) is 23.3 Å². The number of pyridine rings is 1. The second-order valence-electron chi connectivity index (χ2n) is 3.71. The fraction of sp³-hybridized carbons (Fsp3) is 0.545. The normalized spacial score (nSPS) is 27.6. The number of ether oxygens (including phenoxy) is 1. The van der Waals surface area contributed by atoms with Gasteiger partial charge in [0.25, 0.3) is 0 Å². The number of aryl methyl sites for hydroxylation is 1. The van der Waals surface area contributed by atoms with Gasteiger partial charge in [0.1, 0.15) is 0 Å². The van der Waals surface area contributed by atoms with Gasteiger partial charge in [-0.1, -0.05) is 22.0 Å². The first-order valence-corrected chi connectivity index (χ1v) is 5.85. The fourth-order valence-corrected chi connectivity index (χ4v) is 2.18. The molecule has 1 fully saturated rings. The summed E-state index contributed by atoms with van der Waals surface area (Å²) in [5.74, 6) is 0. The molecular formula is C11H14BrNO. The van der Waals surface area contributed by atoms with Crippen LogP contribution >= 0.6 is 15.9 Å². The molecule has 2 unspecified atom stereocenters. The van der Waals surface area contributed by atoms with Gasteiger partial charge in [-0.25, -0.2) is 0 Å². The minimum atomic E-state index is 0.223. The van der Waals surface area contributed by atoms with Crippen LogP contribution in [0, 0.1) is 6.92 Å². The molecule has 0 aliphatic carbocycles. The maximum Gasteiger partial charge on any atom is 0.0850 e. The molecule has 0 N–H and O–H groups in total. The number of nitrogens with zero attached hydrogens (tertiary/aromatic N) is 1. The van der Waals surface area contributed by atoms with Crippen LogP contribution in [0.5, 0.6) is 0 Å². The fourth-order valence-electron chi connectivity index (χ4n) is 1.66. The molecule has 1 aliphatic heterocycles. The van der Waals surface area contributed by atoms with Crippen LogP contribution in [0.2, 0.25) is 0 Å². The van der Waals surface area contributed by atoms with E-state index >= 15 is 0 Å². The molecule has 0 bridgehead atoms. The topological polar surface area (TPSA) is 22.1 Å². The molecule has 1 aromatic rings. The molecule has 2 nitrogen and oxygen atoms in total. The highest BCUT2D eigenvalue weighted by molar-refractivity contribution is 9.09. The molecule has 76 valence electrons. The van der Waals surface area contributed by atoms with Gasteiger partial charge in [0.2, 0.25) is 0 Å². The highest BCUT2D eigenvalue weighted by Crippen LogP contribution is 2.30. The number of rotatable bonds is 1. The monoisotopic (exact) mass is 255 g/mol. The highest BCUT2D eigenvalue weighted by Gasteiger charge is 2.21. The van der Waals surface area contributed by atoms with Gasteiger partial charge in [-0.05, 0) is 31.4 Å². The highest BCUT2D eigenvalue weighted by atomic mass is 79.9. The van der Waals surface area contributed by atoms with E-state index in [1.165, 1.54) is 5.56 Å². The molecule has 2 rings (SSSR count). The third-order valence-corrected chi connectivity index (χ3v) is 3.36. The number of hydrogen-bond donors (Lipinski definition) is 0. The minimum absolute atomic E-state index is 0.223. The second-order valence-corrected chi connectivity index (χ2v) is 5.01. The third-order valence-electron chi connectivity index (χ3n) is 2.53. The maximum atomic E-state index is 5.70. The van der Waals surface area contributed by atoms with Gasteiger partial charge in [0.05, 0.1) is 6.10 Å². The van der Waals surface area contributed by atoms with Crippen molar-refractivity contribution in [3.05, 3.63) is 29.6 Å². The summed E-state index contributed by atoms with van der Waals surface area (Å²) >= 11 is 3.64. The lowest BCUT2D eigenvalue weighted by Gasteiger charge is -2.26. The van der Waals surface area contributed by atoms with Gasteiger partial charge < -0.3 is 4.74 Å². The molecule has 3 heteroatoms. The largest absolute Gasteiger partial charge is 0.373 e. The van der Waals surface area contributed by atoms with Crippen molar-refractivity contribution < 1.29 is 4.74 Å². The van der Waals surface area contributed by atoms with Crippen LogP contribution < -0.4 is 0 Å². The van der Waals surface area contributed by atoms with Crippen molar-refractivity contribution in [2.24, 2.45) is 0 Å². The number of hydrogen-bond acceptors (Lipinski definition) is 2. The summed E-state index contributed by atoms with van der Waals surface area (Å²) in [4.78, 5) is 4.87. The molecular weight excluding hydrogens is 242 g/mol. The van der Waals surface area contributed by atoms with E-state index < -0.39 is 0 Å². The zero-order chi connectivity index (χ0) is 9.97. The molecule has 0 amide bonds. The van der Waals surface area contributed by atoms with Crippen LogP contribution in [0.15, 0.2) is 18.3 Å². The number of halogens is 1. The summed E-state index contributed by atoms with van der Waals surface area (Å²) < 4.78 is 5.70. The smallest absolute Gasteiger partial charge is 0.0850 e. The molecule has 2 heterocycles. The Labute approximate surface area is 92.8 Å². The van der Waals surface area contributed by atoms with E-state index in [0.717, 1.165) is 25.1 Å². The maximum absolute atomic E-state index is 5.70. The van der Waals surface area contributed by atoms with Crippen molar-refractivity contribution in [1.29, 1.82) is 0 Å². The van der Waals surface area contributed by atoms with Crippen LogP contribution in [0.4, 0.5) is 0 Å². The van der Waals surface area contributed by atoms with Crippen LogP contribution in [0.1, 0.15) is 30.2 Å². The SMILES string of the molecule is Cc1ccc(C2CC(Br)CCO2)cn1. The van der Waals surface area contributed by atoms with Gasteiger partial charge in [-0.3, -0.25) is 4.98 Å². The minimum Gasteiger partial charge on any atom is -0.373 e. The van der Waals surface area contributed by atoms with Gasteiger partial charge in [0.15, 0.2) is 0 Å². The molecule has 0 saturated carbocycles. The molecule has 1 aliphatic rings. The lowest BCUT2D eigenvalue weighted by Crippen LogP contribution is -2.19. The standard InChI is InChI=1S/C11H14BrNO/c1-8-2-3-9(7-13-8)11-6-10(12)4-5-14-11/h2-3,7,10-11H,4-6H2,1H3. The Hall–Kier alpha value is -0.410. The molecule has 0 spiro atoms. The lowest BCUT2D eigenvalue weighted by molar-refractivity contribution is 0.0185. The van der Waals surface area contributed by atoms with Gasteiger partial charge in [-0.15, -0.1) is 0 Å². The van der Waals surface area contributed by atoms with Crippen molar-refractivity contribution in [2.75, 3.05) is 6.61 Å². The zero-order valence-corrected chi connectivity index (χ0v) is 9.83. The first-order chi connectivity index (χ1) is 6.75. The summed E-state index contributed by atoms with van der Waals surface area (Å²) in [6, 6.07) is 4.15. The van der Waals surface area contributed by atoms with Crippen LogP contribution in [-0.2, 0) is 4.74 Å². The Morgan fingerprint density at radius 3 is 3.00 bits per heavy atom. The molecule has 0 radical (unpaired) electrons. The van der Waals surface area contributed by atoms with E-state index in [9.17, 15) is 0 Å². The Morgan fingerprint density at radius 2 is 2.36 bits per heavy atom. The second kappa shape index (κ2) is 4.41. The average Bonchev–Trinajstić information content (AvgIpc) is 2.19. The molecule has 14 heavy (non-hydrogen) atoms. The Balaban J connectivity index is 2.10. The quantitative estimate of drug-likeness (QED) is 0.720. The Bertz CT molecular complexity index is 299. The summed E-state index contributed by atoms with van der Waals surface area (Å²) in [6.07, 6.45) is 4.30. The van der Waals surface area contributed by atoms with Crippen LogP contribution in [0.25, 0.3) is 0 Å². The van der Waals surface area contributed by atoms with E-state index in [-0.39, 0.29) is 6.10 Å². The van der Waals surface area contributed by atoms with Gasteiger partial charge in [-0.2, -0.15) is 0 Å². The zero-order valence-electron chi connectivity index (χ0n) is 8.24. The number of aromatic nitrogens is 1. The van der Waals surface area contributed by atoms with Crippen molar-refractivity contribution in [3.63, 3.8) is 0 Å². The summed E-state index contributed by atoms with van der Waals surface area (Å²) in [7, 11) is 0. The molecule has 1 saturated heterocycles. The first-order valence-electron chi connectivity index (χ1n) is 4.94. The van der Waals surface area contributed by atoms with E-state index in [1.54, 1.807) is 0 Å². The summed E-state index contributed by atoms with van der Waals surface area (Å²) in [5, 5.41) is 0. The summed E-state index contributed by atoms with van der Waals surface area (Å²) in [5.41, 5.74) is 2.25. The third kappa shape index (κ3) is 2.34. The lowest BCUT2D eigenvalue weighted by atomic mass is 10.0. The first kappa shape index (κ1) is 10.1. The van der Waals surface area contributed by atoms with Crippen molar-refractivity contribution in [1.82, 2.24) is 4.98 Å². The predicted octanol–water partition coefficient (Wildman–Crippen LogP) is 3.01.